The van der Waals surface area contributed by atoms with Gasteiger partial charge in [-0.15, -0.1) is 0 Å². The van der Waals surface area contributed by atoms with Gasteiger partial charge in [0, 0.05) is 24.7 Å². The highest BCUT2D eigenvalue weighted by Crippen LogP contribution is 2.18. The van der Waals surface area contributed by atoms with Gasteiger partial charge in [0.05, 0.1) is 11.4 Å². The van der Waals surface area contributed by atoms with Crippen LogP contribution in [-0.4, -0.2) is 28.9 Å². The number of piperidine rings is 1. The van der Waals surface area contributed by atoms with E-state index in [0.717, 1.165) is 42.9 Å². The second kappa shape index (κ2) is 7.18. The van der Waals surface area contributed by atoms with Gasteiger partial charge in [-0.1, -0.05) is 6.07 Å². The Morgan fingerprint density at radius 1 is 1.04 bits per heavy atom. The molecule has 0 aliphatic carbocycles. The minimum absolute atomic E-state index is 0.0404. The number of aromatic nitrogens is 1. The fraction of sp³-hybridized carbons (Fsp3) is 0.263. The van der Waals surface area contributed by atoms with Gasteiger partial charge in [0.2, 0.25) is 5.91 Å². The number of carbonyl (C=O) groups excluding carboxylic acids is 1. The summed E-state index contributed by atoms with van der Waals surface area (Å²) in [4.78, 5) is 18.5. The smallest absolute Gasteiger partial charge is 0.246 e. The highest BCUT2D eigenvalue weighted by Gasteiger charge is 2.13. The summed E-state index contributed by atoms with van der Waals surface area (Å²) in [7, 11) is 0. The van der Waals surface area contributed by atoms with Crippen molar-refractivity contribution in [3.05, 3.63) is 60.1 Å². The van der Waals surface area contributed by atoms with Crippen LogP contribution < -0.4 is 0 Å². The quantitative estimate of drug-likeness (QED) is 0.805. The average Bonchev–Trinajstić information content (AvgIpc) is 2.61. The van der Waals surface area contributed by atoms with E-state index >= 15 is 0 Å². The van der Waals surface area contributed by atoms with Gasteiger partial charge >= 0.3 is 0 Å². The van der Waals surface area contributed by atoms with E-state index in [1.165, 1.54) is 18.6 Å². The number of carbonyl (C=O) groups is 1. The van der Waals surface area contributed by atoms with E-state index in [2.05, 4.69) is 4.98 Å². The van der Waals surface area contributed by atoms with Crippen LogP contribution in [0.3, 0.4) is 0 Å². The molecule has 3 rings (SSSR count). The molecule has 1 saturated heterocycles. The van der Waals surface area contributed by atoms with E-state index in [9.17, 15) is 9.18 Å². The third-order valence-corrected chi connectivity index (χ3v) is 3.98. The van der Waals surface area contributed by atoms with Crippen molar-refractivity contribution in [3.8, 4) is 11.3 Å². The molecule has 1 aliphatic heterocycles. The van der Waals surface area contributed by atoms with Crippen molar-refractivity contribution in [1.29, 1.82) is 0 Å². The molecule has 2 heterocycles. The molecule has 2 aromatic rings. The predicted octanol–water partition coefficient (Wildman–Crippen LogP) is 3.91. The van der Waals surface area contributed by atoms with Crippen molar-refractivity contribution in [2.75, 3.05) is 13.1 Å². The number of hydrogen-bond donors (Lipinski definition) is 0. The highest BCUT2D eigenvalue weighted by atomic mass is 19.1. The van der Waals surface area contributed by atoms with Gasteiger partial charge < -0.3 is 4.90 Å². The van der Waals surface area contributed by atoms with E-state index in [-0.39, 0.29) is 11.7 Å². The molecule has 0 atom stereocenters. The lowest BCUT2D eigenvalue weighted by Gasteiger charge is -2.25. The zero-order chi connectivity index (χ0) is 16.1. The first-order chi connectivity index (χ1) is 11.2. The second-order valence-corrected chi connectivity index (χ2v) is 5.67. The van der Waals surface area contributed by atoms with Crippen LogP contribution >= 0.6 is 0 Å². The van der Waals surface area contributed by atoms with Gasteiger partial charge in [0.25, 0.3) is 0 Å². The second-order valence-electron chi connectivity index (χ2n) is 5.67. The zero-order valence-electron chi connectivity index (χ0n) is 12.9. The molecule has 1 amide bonds. The molecule has 1 aromatic carbocycles. The van der Waals surface area contributed by atoms with Gasteiger partial charge in [0.1, 0.15) is 5.82 Å². The molecule has 0 saturated carbocycles. The number of benzene rings is 1. The Labute approximate surface area is 135 Å². The number of amides is 1. The molecular formula is C19H19FN2O. The lowest BCUT2D eigenvalue weighted by molar-refractivity contribution is -0.126. The van der Waals surface area contributed by atoms with E-state index in [1.54, 1.807) is 24.3 Å². The summed E-state index contributed by atoms with van der Waals surface area (Å²) in [6.07, 6.45) is 6.69. The van der Waals surface area contributed by atoms with Crippen molar-refractivity contribution in [3.63, 3.8) is 0 Å². The summed E-state index contributed by atoms with van der Waals surface area (Å²) in [5, 5.41) is 0. The molecule has 0 bridgehead atoms. The number of likely N-dealkylation sites (tertiary alicyclic amines) is 1. The molecule has 23 heavy (non-hydrogen) atoms. The van der Waals surface area contributed by atoms with Crippen LogP contribution in [0.2, 0.25) is 0 Å². The highest BCUT2D eigenvalue weighted by molar-refractivity contribution is 5.91. The molecular weight excluding hydrogens is 291 g/mol. The van der Waals surface area contributed by atoms with Crippen LogP contribution in [0.5, 0.6) is 0 Å². The van der Waals surface area contributed by atoms with Crippen LogP contribution in [0.1, 0.15) is 25.0 Å². The fourth-order valence-electron chi connectivity index (χ4n) is 2.70. The Kier molecular flexibility index (Phi) is 4.81. The van der Waals surface area contributed by atoms with Crippen LogP contribution in [0.4, 0.5) is 4.39 Å². The topological polar surface area (TPSA) is 33.2 Å². The summed E-state index contributed by atoms with van der Waals surface area (Å²) >= 11 is 0. The van der Waals surface area contributed by atoms with Gasteiger partial charge in [-0.2, -0.15) is 0 Å². The first kappa shape index (κ1) is 15.4. The molecule has 1 aromatic heterocycles. The van der Waals surface area contributed by atoms with Crippen LogP contribution in [-0.2, 0) is 4.79 Å². The van der Waals surface area contributed by atoms with E-state index in [1.807, 2.05) is 23.1 Å². The molecule has 0 unspecified atom stereocenters. The third kappa shape index (κ3) is 4.03. The van der Waals surface area contributed by atoms with E-state index in [4.69, 9.17) is 0 Å². The van der Waals surface area contributed by atoms with Gasteiger partial charge in [-0.25, -0.2) is 9.37 Å². The normalized spacial score (nSPS) is 15.1. The van der Waals surface area contributed by atoms with Crippen LogP contribution in [0.15, 0.2) is 48.5 Å². The Bertz CT molecular complexity index is 704. The predicted molar refractivity (Wildman–Crippen MR) is 89.1 cm³/mol. The van der Waals surface area contributed by atoms with Crippen molar-refractivity contribution in [1.82, 2.24) is 9.88 Å². The van der Waals surface area contributed by atoms with Crippen molar-refractivity contribution in [2.24, 2.45) is 0 Å². The standard InChI is InChI=1S/C19H19FN2O/c20-16-9-7-15(8-10-16)18-6-4-5-17(21-18)11-12-19(23)22-13-2-1-3-14-22/h4-12H,1-3,13-14H2/b12-11+. The average molecular weight is 310 g/mol. The lowest BCUT2D eigenvalue weighted by Crippen LogP contribution is -2.34. The molecule has 3 nitrogen and oxygen atoms in total. The van der Waals surface area contributed by atoms with Crippen molar-refractivity contribution >= 4 is 12.0 Å². The Balaban J connectivity index is 1.73. The largest absolute Gasteiger partial charge is 0.339 e. The van der Waals surface area contributed by atoms with Crippen LogP contribution in [0.25, 0.3) is 17.3 Å². The number of halogens is 1. The first-order valence-corrected chi connectivity index (χ1v) is 7.92. The number of rotatable bonds is 3. The Morgan fingerprint density at radius 2 is 1.78 bits per heavy atom. The summed E-state index contributed by atoms with van der Waals surface area (Å²) in [6, 6.07) is 11.8. The molecule has 1 fully saturated rings. The Hall–Kier alpha value is -2.49. The summed E-state index contributed by atoms with van der Waals surface area (Å²) in [5.74, 6) is -0.226. The van der Waals surface area contributed by atoms with Crippen LogP contribution in [0, 0.1) is 5.82 Å². The Morgan fingerprint density at radius 3 is 2.52 bits per heavy atom. The lowest BCUT2D eigenvalue weighted by atomic mass is 10.1. The number of nitrogens with zero attached hydrogens (tertiary/aromatic N) is 2. The van der Waals surface area contributed by atoms with E-state index in [0.29, 0.717) is 0 Å². The number of hydrogen-bond acceptors (Lipinski definition) is 2. The third-order valence-electron chi connectivity index (χ3n) is 3.98. The first-order valence-electron chi connectivity index (χ1n) is 7.92. The summed E-state index contributed by atoms with van der Waals surface area (Å²) in [6.45, 7) is 1.68. The maximum absolute atomic E-state index is 13.0. The van der Waals surface area contributed by atoms with Gasteiger partial charge in [-0.05, 0) is 61.7 Å². The minimum atomic E-state index is -0.267. The number of pyridine rings is 1. The fourth-order valence-corrected chi connectivity index (χ4v) is 2.70. The SMILES string of the molecule is O=C(/C=C/c1cccc(-c2ccc(F)cc2)n1)N1CCCCC1. The molecule has 0 N–H and O–H groups in total. The maximum atomic E-state index is 13.0. The summed E-state index contributed by atoms with van der Waals surface area (Å²) in [5.41, 5.74) is 2.33. The molecule has 4 heteroatoms. The van der Waals surface area contributed by atoms with Crippen molar-refractivity contribution < 1.29 is 9.18 Å². The molecule has 118 valence electrons. The molecule has 1 aliphatic rings. The summed E-state index contributed by atoms with van der Waals surface area (Å²) < 4.78 is 13.0. The monoisotopic (exact) mass is 310 g/mol. The van der Waals surface area contributed by atoms with Gasteiger partial charge in [0.15, 0.2) is 0 Å². The van der Waals surface area contributed by atoms with E-state index < -0.39 is 0 Å². The maximum Gasteiger partial charge on any atom is 0.246 e. The zero-order valence-corrected chi connectivity index (χ0v) is 12.9. The molecule has 0 radical (unpaired) electrons. The van der Waals surface area contributed by atoms with Gasteiger partial charge in [-0.3, -0.25) is 4.79 Å². The minimum Gasteiger partial charge on any atom is -0.339 e. The molecule has 0 spiro atoms. The van der Waals surface area contributed by atoms with Crippen molar-refractivity contribution in [2.45, 2.75) is 19.3 Å².